The van der Waals surface area contributed by atoms with E-state index < -0.39 is 0 Å². The smallest absolute Gasteiger partial charge is 0.141 e. The van der Waals surface area contributed by atoms with E-state index in [1.807, 2.05) is 0 Å². The predicted octanol–water partition coefficient (Wildman–Crippen LogP) is 4.94. The Kier molecular flexibility index (Phi) is 3.75. The van der Waals surface area contributed by atoms with Gasteiger partial charge in [0.25, 0.3) is 0 Å². The second-order valence-electron chi connectivity index (χ2n) is 7.07. The molecule has 2 aliphatic rings. The van der Waals surface area contributed by atoms with Crippen LogP contribution >= 0.6 is 0 Å². The van der Waals surface area contributed by atoms with Crippen LogP contribution in [-0.4, -0.2) is 23.6 Å². The Hall–Kier alpha value is -1.60. The number of quaternary nitrogens is 1. The van der Waals surface area contributed by atoms with E-state index in [9.17, 15) is 0 Å². The second kappa shape index (κ2) is 5.89. The average Bonchev–Trinajstić information content (AvgIpc) is 3.01. The van der Waals surface area contributed by atoms with Gasteiger partial charge in [-0.2, -0.15) is 0 Å². The van der Waals surface area contributed by atoms with Crippen molar-refractivity contribution in [1.29, 1.82) is 0 Å². The lowest BCUT2D eigenvalue weighted by Gasteiger charge is -2.49. The van der Waals surface area contributed by atoms with Crippen LogP contribution in [0.3, 0.4) is 0 Å². The highest BCUT2D eigenvalue weighted by atomic mass is 15.4. The molecule has 1 unspecified atom stereocenters. The van der Waals surface area contributed by atoms with Crippen molar-refractivity contribution in [1.82, 2.24) is 0 Å². The minimum absolute atomic E-state index is 0.523. The van der Waals surface area contributed by atoms with E-state index in [1.54, 1.807) is 0 Å². The highest BCUT2D eigenvalue weighted by Crippen LogP contribution is 2.46. The molecular formula is C21H26N+. The molecule has 0 aliphatic carbocycles. The highest BCUT2D eigenvalue weighted by Gasteiger charge is 2.49. The Morgan fingerprint density at radius 1 is 0.682 bits per heavy atom. The van der Waals surface area contributed by atoms with Crippen molar-refractivity contribution in [2.24, 2.45) is 0 Å². The largest absolute Gasteiger partial charge is 0.311 e. The monoisotopic (exact) mass is 292 g/mol. The SMILES string of the molecule is c1ccc(C(c2ccccc2)[N+]23CCCC[C@H]2CCC3)cc1. The topological polar surface area (TPSA) is 0 Å². The first-order chi connectivity index (χ1) is 10.9. The number of nitrogens with zero attached hydrogens (tertiary/aromatic N) is 1. The third kappa shape index (κ3) is 2.28. The Labute approximate surface area is 134 Å². The minimum atomic E-state index is 0.523. The van der Waals surface area contributed by atoms with Gasteiger partial charge in [0, 0.05) is 24.0 Å². The van der Waals surface area contributed by atoms with Crippen LogP contribution in [0.25, 0.3) is 0 Å². The van der Waals surface area contributed by atoms with E-state index in [0.717, 1.165) is 6.04 Å². The molecule has 1 nitrogen and oxygen atoms in total. The molecule has 0 aromatic heterocycles. The van der Waals surface area contributed by atoms with Gasteiger partial charge in [-0.15, -0.1) is 0 Å². The lowest BCUT2D eigenvalue weighted by Crippen LogP contribution is -2.56. The molecule has 114 valence electrons. The molecule has 2 heterocycles. The molecule has 2 aliphatic heterocycles. The summed E-state index contributed by atoms with van der Waals surface area (Å²) in [6.07, 6.45) is 7.08. The summed E-state index contributed by atoms with van der Waals surface area (Å²) < 4.78 is 1.31. The zero-order chi connectivity index (χ0) is 14.8. The van der Waals surface area contributed by atoms with Crippen molar-refractivity contribution in [3.63, 3.8) is 0 Å². The van der Waals surface area contributed by atoms with Crippen LogP contribution in [0, 0.1) is 0 Å². The van der Waals surface area contributed by atoms with Crippen molar-refractivity contribution in [2.45, 2.75) is 44.2 Å². The lowest BCUT2D eigenvalue weighted by atomic mass is 9.89. The first kappa shape index (κ1) is 14.0. The maximum absolute atomic E-state index is 2.34. The quantitative estimate of drug-likeness (QED) is 0.703. The fraction of sp³-hybridized carbons (Fsp3) is 0.429. The van der Waals surface area contributed by atoms with E-state index in [4.69, 9.17) is 0 Å². The van der Waals surface area contributed by atoms with Crippen molar-refractivity contribution < 1.29 is 4.48 Å². The number of piperidine rings is 1. The van der Waals surface area contributed by atoms with Crippen molar-refractivity contribution >= 4 is 0 Å². The molecule has 2 fully saturated rings. The number of rotatable bonds is 3. The van der Waals surface area contributed by atoms with Gasteiger partial charge < -0.3 is 4.48 Å². The first-order valence-electron chi connectivity index (χ1n) is 8.86. The molecule has 2 atom stereocenters. The molecular weight excluding hydrogens is 266 g/mol. The highest BCUT2D eigenvalue weighted by molar-refractivity contribution is 5.30. The molecule has 22 heavy (non-hydrogen) atoms. The van der Waals surface area contributed by atoms with Gasteiger partial charge in [0.2, 0.25) is 0 Å². The Morgan fingerprint density at radius 3 is 1.86 bits per heavy atom. The number of hydrogen-bond donors (Lipinski definition) is 0. The molecule has 4 rings (SSSR count). The first-order valence-corrected chi connectivity index (χ1v) is 8.86. The number of fused-ring (bicyclic) bond motifs is 1. The van der Waals surface area contributed by atoms with Gasteiger partial charge in [0.05, 0.1) is 19.1 Å². The fourth-order valence-electron chi connectivity index (χ4n) is 5.07. The van der Waals surface area contributed by atoms with E-state index in [-0.39, 0.29) is 0 Å². The maximum atomic E-state index is 2.34. The van der Waals surface area contributed by atoms with E-state index in [0.29, 0.717) is 6.04 Å². The number of benzene rings is 2. The van der Waals surface area contributed by atoms with Crippen LogP contribution in [0.2, 0.25) is 0 Å². The molecule has 2 aromatic carbocycles. The molecule has 2 saturated heterocycles. The van der Waals surface area contributed by atoms with Gasteiger partial charge in [-0.25, -0.2) is 0 Å². The third-order valence-corrected chi connectivity index (χ3v) is 5.95. The summed E-state index contributed by atoms with van der Waals surface area (Å²) in [4.78, 5) is 0. The van der Waals surface area contributed by atoms with Crippen molar-refractivity contribution in [3.8, 4) is 0 Å². The van der Waals surface area contributed by atoms with E-state index >= 15 is 0 Å². The predicted molar refractivity (Wildman–Crippen MR) is 91.6 cm³/mol. The molecule has 0 spiro atoms. The van der Waals surface area contributed by atoms with Gasteiger partial charge in [0.15, 0.2) is 0 Å². The van der Waals surface area contributed by atoms with Crippen molar-refractivity contribution in [2.75, 3.05) is 13.1 Å². The van der Waals surface area contributed by atoms with Crippen molar-refractivity contribution in [3.05, 3.63) is 71.8 Å². The van der Waals surface area contributed by atoms with Crippen LogP contribution in [0.15, 0.2) is 60.7 Å². The lowest BCUT2D eigenvalue weighted by molar-refractivity contribution is -0.966. The molecule has 0 saturated carbocycles. The van der Waals surface area contributed by atoms with Crippen LogP contribution in [0.4, 0.5) is 0 Å². The molecule has 2 aromatic rings. The maximum Gasteiger partial charge on any atom is 0.141 e. The molecule has 0 radical (unpaired) electrons. The van der Waals surface area contributed by atoms with Gasteiger partial charge >= 0.3 is 0 Å². The average molecular weight is 292 g/mol. The molecule has 1 heteroatoms. The standard InChI is InChI=1S/C21H26N/c1-3-10-18(11-4-1)21(19-12-5-2-6-13-19)22-16-8-7-14-20(22)15-9-17-22/h1-6,10-13,20-21H,7-9,14-17H2/q+1/t20-,22?/m0/s1. The summed E-state index contributed by atoms with van der Waals surface area (Å²) in [5, 5.41) is 0. The fourth-order valence-corrected chi connectivity index (χ4v) is 5.07. The normalized spacial score (nSPS) is 27.8. The minimum Gasteiger partial charge on any atom is -0.311 e. The van der Waals surface area contributed by atoms with Crippen LogP contribution in [0.5, 0.6) is 0 Å². The third-order valence-electron chi connectivity index (χ3n) is 5.95. The molecule has 0 amide bonds. The Balaban J connectivity index is 1.84. The Morgan fingerprint density at radius 2 is 1.23 bits per heavy atom. The zero-order valence-electron chi connectivity index (χ0n) is 13.3. The van der Waals surface area contributed by atoms with Crippen LogP contribution < -0.4 is 0 Å². The number of hydrogen-bond acceptors (Lipinski definition) is 0. The Bertz CT molecular complexity index is 567. The molecule has 0 N–H and O–H groups in total. The van der Waals surface area contributed by atoms with Gasteiger partial charge in [0.1, 0.15) is 6.04 Å². The van der Waals surface area contributed by atoms with E-state index in [1.165, 1.54) is 60.8 Å². The summed E-state index contributed by atoms with van der Waals surface area (Å²) in [7, 11) is 0. The zero-order valence-corrected chi connectivity index (χ0v) is 13.3. The summed E-state index contributed by atoms with van der Waals surface area (Å²) in [5.41, 5.74) is 3.00. The molecule has 0 bridgehead atoms. The van der Waals surface area contributed by atoms with Gasteiger partial charge in [-0.1, -0.05) is 60.7 Å². The summed E-state index contributed by atoms with van der Waals surface area (Å²) in [6, 6.07) is 23.9. The second-order valence-corrected chi connectivity index (χ2v) is 7.07. The summed E-state index contributed by atoms with van der Waals surface area (Å²) >= 11 is 0. The van der Waals surface area contributed by atoms with Gasteiger partial charge in [-0.3, -0.25) is 0 Å². The van der Waals surface area contributed by atoms with Gasteiger partial charge in [-0.05, 0) is 19.3 Å². The summed E-state index contributed by atoms with van der Waals surface area (Å²) in [5.74, 6) is 0. The van der Waals surface area contributed by atoms with E-state index in [2.05, 4.69) is 60.7 Å². The van der Waals surface area contributed by atoms with Crippen LogP contribution in [-0.2, 0) is 0 Å². The summed E-state index contributed by atoms with van der Waals surface area (Å²) in [6.45, 7) is 2.72. The van der Waals surface area contributed by atoms with Crippen LogP contribution in [0.1, 0.15) is 49.3 Å².